The molecular weight excluding hydrogens is 489 g/mol. The summed E-state index contributed by atoms with van der Waals surface area (Å²) in [6.07, 6.45) is -2.85. The highest BCUT2D eigenvalue weighted by molar-refractivity contribution is 6.30. The SMILES string of the molecule is O=C(COc1ccc(Cl)cc1)NC(Cc1ccccc1)(c1cccc(C(F)(F)F)c1)c1ccccn1. The van der Waals surface area contributed by atoms with Crippen LogP contribution in [0.25, 0.3) is 0 Å². The monoisotopic (exact) mass is 510 g/mol. The number of aromatic nitrogens is 1. The third kappa shape index (κ3) is 6.04. The van der Waals surface area contributed by atoms with Crippen LogP contribution in [0.4, 0.5) is 13.2 Å². The Morgan fingerprint density at radius 2 is 1.56 bits per heavy atom. The number of rotatable bonds is 8. The van der Waals surface area contributed by atoms with Gasteiger partial charge in [-0.2, -0.15) is 13.2 Å². The standard InChI is InChI=1S/C28H22ClF3N2O2/c29-23-12-14-24(15-13-23)36-19-26(35)34-27(25-11-4-5-16-33-25,18-20-7-2-1-3-8-20)21-9-6-10-22(17-21)28(30,31)32/h1-17H,18-19H2,(H,34,35). The first-order valence-electron chi connectivity index (χ1n) is 11.1. The molecule has 0 saturated heterocycles. The summed E-state index contributed by atoms with van der Waals surface area (Å²) in [5, 5.41) is 3.47. The minimum absolute atomic E-state index is 0.166. The van der Waals surface area contributed by atoms with Crippen molar-refractivity contribution in [2.45, 2.75) is 18.1 Å². The van der Waals surface area contributed by atoms with E-state index in [1.807, 2.05) is 30.3 Å². The zero-order valence-corrected chi connectivity index (χ0v) is 19.8. The van der Waals surface area contributed by atoms with Gasteiger partial charge in [-0.15, -0.1) is 0 Å². The summed E-state index contributed by atoms with van der Waals surface area (Å²) in [4.78, 5) is 17.7. The van der Waals surface area contributed by atoms with Crippen LogP contribution < -0.4 is 10.1 Å². The molecular formula is C28H22ClF3N2O2. The lowest BCUT2D eigenvalue weighted by molar-refractivity contribution is -0.137. The van der Waals surface area contributed by atoms with Crippen molar-refractivity contribution in [2.75, 3.05) is 6.61 Å². The smallest absolute Gasteiger partial charge is 0.416 e. The molecule has 1 aromatic heterocycles. The van der Waals surface area contributed by atoms with Crippen LogP contribution in [0.3, 0.4) is 0 Å². The number of alkyl halides is 3. The topological polar surface area (TPSA) is 51.2 Å². The molecule has 0 aliphatic heterocycles. The van der Waals surface area contributed by atoms with E-state index >= 15 is 0 Å². The molecule has 0 aliphatic rings. The summed E-state index contributed by atoms with van der Waals surface area (Å²) < 4.78 is 46.6. The summed E-state index contributed by atoms with van der Waals surface area (Å²) in [5.41, 5.74) is -0.767. The fraction of sp³-hybridized carbons (Fsp3) is 0.143. The lowest BCUT2D eigenvalue weighted by Crippen LogP contribution is -2.50. The van der Waals surface area contributed by atoms with Crippen LogP contribution in [0.5, 0.6) is 5.75 Å². The third-order valence-electron chi connectivity index (χ3n) is 5.63. The lowest BCUT2D eigenvalue weighted by atomic mass is 9.79. The van der Waals surface area contributed by atoms with Crippen LogP contribution in [0.1, 0.15) is 22.4 Å². The van der Waals surface area contributed by atoms with Crippen molar-refractivity contribution < 1.29 is 22.7 Å². The van der Waals surface area contributed by atoms with Crippen LogP contribution >= 0.6 is 11.6 Å². The quantitative estimate of drug-likeness (QED) is 0.297. The van der Waals surface area contributed by atoms with Gasteiger partial charge in [-0.25, -0.2) is 0 Å². The Bertz CT molecular complexity index is 1300. The molecule has 0 bridgehead atoms. The normalized spacial score (nSPS) is 13.0. The molecule has 8 heteroatoms. The van der Waals surface area contributed by atoms with Crippen LogP contribution in [-0.4, -0.2) is 17.5 Å². The Balaban J connectivity index is 1.77. The predicted molar refractivity (Wildman–Crippen MR) is 132 cm³/mol. The number of nitrogens with one attached hydrogen (secondary N) is 1. The Morgan fingerprint density at radius 1 is 0.861 bits per heavy atom. The number of carbonyl (C=O) groups is 1. The molecule has 1 N–H and O–H groups in total. The second kappa shape index (κ2) is 10.8. The number of benzene rings is 3. The van der Waals surface area contributed by atoms with E-state index in [4.69, 9.17) is 16.3 Å². The van der Waals surface area contributed by atoms with Gasteiger partial charge in [0.15, 0.2) is 6.61 Å². The van der Waals surface area contributed by atoms with Crippen LogP contribution in [0.2, 0.25) is 5.02 Å². The second-order valence-corrected chi connectivity index (χ2v) is 8.59. The zero-order chi connectivity index (χ0) is 25.6. The van der Waals surface area contributed by atoms with E-state index in [-0.39, 0.29) is 18.6 Å². The number of hydrogen-bond acceptors (Lipinski definition) is 3. The first-order chi connectivity index (χ1) is 17.3. The minimum Gasteiger partial charge on any atom is -0.484 e. The van der Waals surface area contributed by atoms with Gasteiger partial charge in [0.25, 0.3) is 5.91 Å². The maximum absolute atomic E-state index is 13.7. The Kier molecular flexibility index (Phi) is 7.60. The van der Waals surface area contributed by atoms with E-state index in [2.05, 4.69) is 10.3 Å². The van der Waals surface area contributed by atoms with Crippen molar-refractivity contribution in [3.05, 3.63) is 131 Å². The zero-order valence-electron chi connectivity index (χ0n) is 19.0. The predicted octanol–water partition coefficient (Wildman–Crippen LogP) is 6.44. The summed E-state index contributed by atoms with van der Waals surface area (Å²) in [5.74, 6) is -0.0935. The Hall–Kier alpha value is -3.84. The van der Waals surface area contributed by atoms with Gasteiger partial charge in [0.2, 0.25) is 0 Å². The molecule has 0 fully saturated rings. The molecule has 3 aromatic carbocycles. The molecule has 184 valence electrons. The van der Waals surface area contributed by atoms with Crippen molar-refractivity contribution in [3.63, 3.8) is 0 Å². The highest BCUT2D eigenvalue weighted by atomic mass is 35.5. The highest BCUT2D eigenvalue weighted by Crippen LogP contribution is 2.36. The molecule has 1 heterocycles. The summed E-state index contributed by atoms with van der Waals surface area (Å²) in [6.45, 7) is -0.357. The molecule has 0 saturated carbocycles. The molecule has 0 aliphatic carbocycles. The van der Waals surface area contributed by atoms with Crippen LogP contribution in [0.15, 0.2) is 103 Å². The van der Waals surface area contributed by atoms with E-state index in [9.17, 15) is 18.0 Å². The number of nitrogens with zero attached hydrogens (tertiary/aromatic N) is 1. The molecule has 1 atom stereocenters. The largest absolute Gasteiger partial charge is 0.484 e. The molecule has 1 amide bonds. The van der Waals surface area contributed by atoms with Gasteiger partial charge in [0.05, 0.1) is 11.3 Å². The van der Waals surface area contributed by atoms with Crippen molar-refractivity contribution >= 4 is 17.5 Å². The first-order valence-corrected chi connectivity index (χ1v) is 11.5. The maximum atomic E-state index is 13.7. The summed E-state index contributed by atoms with van der Waals surface area (Å²) >= 11 is 5.90. The number of carbonyl (C=O) groups excluding carboxylic acids is 1. The van der Waals surface area contributed by atoms with Crippen LogP contribution in [0, 0.1) is 0 Å². The van der Waals surface area contributed by atoms with E-state index in [1.54, 1.807) is 54.7 Å². The van der Waals surface area contributed by atoms with Gasteiger partial charge in [0.1, 0.15) is 11.3 Å². The minimum atomic E-state index is -4.56. The average Bonchev–Trinajstić information content (AvgIpc) is 2.89. The molecule has 0 spiro atoms. The van der Waals surface area contributed by atoms with Gasteiger partial charge < -0.3 is 10.1 Å². The van der Waals surface area contributed by atoms with E-state index in [0.29, 0.717) is 16.5 Å². The maximum Gasteiger partial charge on any atom is 0.416 e. The van der Waals surface area contributed by atoms with Gasteiger partial charge in [0, 0.05) is 17.6 Å². The van der Waals surface area contributed by atoms with E-state index < -0.39 is 23.2 Å². The fourth-order valence-corrected chi connectivity index (χ4v) is 4.08. The Labute approximate surface area is 211 Å². The number of pyridine rings is 1. The van der Waals surface area contributed by atoms with Crippen molar-refractivity contribution in [1.82, 2.24) is 10.3 Å². The van der Waals surface area contributed by atoms with Crippen molar-refractivity contribution in [1.29, 1.82) is 0 Å². The number of ether oxygens (including phenoxy) is 1. The Morgan fingerprint density at radius 3 is 2.22 bits per heavy atom. The van der Waals surface area contributed by atoms with Gasteiger partial charge >= 0.3 is 6.18 Å². The molecule has 4 rings (SSSR count). The van der Waals surface area contributed by atoms with Gasteiger partial charge in [-0.05, 0) is 59.7 Å². The van der Waals surface area contributed by atoms with Crippen LogP contribution in [-0.2, 0) is 22.9 Å². The number of hydrogen-bond donors (Lipinski definition) is 1. The molecule has 1 unspecified atom stereocenters. The second-order valence-electron chi connectivity index (χ2n) is 8.15. The molecule has 4 nitrogen and oxygen atoms in total. The molecule has 36 heavy (non-hydrogen) atoms. The highest BCUT2D eigenvalue weighted by Gasteiger charge is 2.40. The van der Waals surface area contributed by atoms with Gasteiger partial charge in [-0.3, -0.25) is 9.78 Å². The first kappa shape index (κ1) is 25.3. The third-order valence-corrected chi connectivity index (χ3v) is 5.89. The summed E-state index contributed by atoms with van der Waals surface area (Å²) in [7, 11) is 0. The van der Waals surface area contributed by atoms with Crippen molar-refractivity contribution in [3.8, 4) is 5.75 Å². The number of halogens is 4. The molecule has 4 aromatic rings. The number of amides is 1. The van der Waals surface area contributed by atoms with E-state index in [0.717, 1.165) is 17.7 Å². The van der Waals surface area contributed by atoms with Gasteiger partial charge in [-0.1, -0.05) is 60.1 Å². The summed E-state index contributed by atoms with van der Waals surface area (Å²) in [6, 6.07) is 25.8. The van der Waals surface area contributed by atoms with Crippen molar-refractivity contribution in [2.24, 2.45) is 0 Å². The average molecular weight is 511 g/mol. The van der Waals surface area contributed by atoms with E-state index in [1.165, 1.54) is 6.07 Å². The molecule has 0 radical (unpaired) electrons. The lowest BCUT2D eigenvalue weighted by Gasteiger charge is -2.35. The fourth-order valence-electron chi connectivity index (χ4n) is 3.95.